The van der Waals surface area contributed by atoms with Crippen molar-refractivity contribution in [1.82, 2.24) is 4.98 Å². The highest BCUT2D eigenvalue weighted by Crippen LogP contribution is 2.30. The summed E-state index contributed by atoms with van der Waals surface area (Å²) in [5.41, 5.74) is 3.90. The van der Waals surface area contributed by atoms with E-state index < -0.39 is 0 Å². The monoisotopic (exact) mass is 392 g/mol. The van der Waals surface area contributed by atoms with E-state index in [2.05, 4.69) is 10.3 Å². The minimum atomic E-state index is -0.257. The number of fused-ring (bicyclic) bond motifs is 1. The number of nitrogens with one attached hydrogen (secondary N) is 1. The number of amides is 1. The fourth-order valence-corrected chi connectivity index (χ4v) is 2.98. The minimum Gasteiger partial charge on any atom is -0.484 e. The van der Waals surface area contributed by atoms with Gasteiger partial charge in [0.05, 0.1) is 0 Å². The van der Waals surface area contributed by atoms with Crippen LogP contribution in [0.4, 0.5) is 5.69 Å². The lowest BCUT2D eigenvalue weighted by atomic mass is 10.1. The molecule has 5 nitrogen and oxygen atoms in total. The fourth-order valence-electron chi connectivity index (χ4n) is 2.86. The third-order valence-corrected chi connectivity index (χ3v) is 4.57. The summed E-state index contributed by atoms with van der Waals surface area (Å²) in [5.74, 6) is 0.844. The van der Waals surface area contributed by atoms with Crippen molar-refractivity contribution in [3.8, 4) is 17.2 Å². The number of para-hydroxylation sites is 2. The number of nitrogens with zero attached hydrogens (tertiary/aromatic N) is 1. The van der Waals surface area contributed by atoms with Crippen molar-refractivity contribution in [2.45, 2.75) is 6.92 Å². The van der Waals surface area contributed by atoms with Gasteiger partial charge >= 0.3 is 0 Å². The van der Waals surface area contributed by atoms with Gasteiger partial charge in [0.25, 0.3) is 5.91 Å². The molecule has 3 aromatic carbocycles. The van der Waals surface area contributed by atoms with Crippen LogP contribution in [0.15, 0.2) is 71.1 Å². The van der Waals surface area contributed by atoms with Gasteiger partial charge < -0.3 is 14.5 Å². The molecule has 0 aliphatic heterocycles. The molecular formula is C22H17ClN2O3. The molecule has 0 atom stereocenters. The van der Waals surface area contributed by atoms with Gasteiger partial charge in [-0.05, 0) is 61.0 Å². The Morgan fingerprint density at radius 1 is 1.07 bits per heavy atom. The van der Waals surface area contributed by atoms with Crippen LogP contribution in [0.3, 0.4) is 0 Å². The van der Waals surface area contributed by atoms with Crippen molar-refractivity contribution in [3.05, 3.63) is 77.3 Å². The highest BCUT2D eigenvalue weighted by atomic mass is 35.5. The Hall–Kier alpha value is -3.31. The van der Waals surface area contributed by atoms with Crippen LogP contribution >= 0.6 is 11.6 Å². The Bertz CT molecular complexity index is 1100. The van der Waals surface area contributed by atoms with Crippen LogP contribution in [0.5, 0.6) is 5.75 Å². The summed E-state index contributed by atoms with van der Waals surface area (Å²) in [6.07, 6.45) is 0. The molecule has 1 aromatic heterocycles. The first-order valence-corrected chi connectivity index (χ1v) is 9.12. The lowest BCUT2D eigenvalue weighted by Crippen LogP contribution is -2.20. The Labute approximate surface area is 166 Å². The number of rotatable bonds is 5. The van der Waals surface area contributed by atoms with E-state index in [9.17, 15) is 4.79 Å². The number of oxazole rings is 1. The zero-order chi connectivity index (χ0) is 19.5. The lowest BCUT2D eigenvalue weighted by molar-refractivity contribution is -0.118. The van der Waals surface area contributed by atoms with Gasteiger partial charge in [0.1, 0.15) is 11.3 Å². The molecule has 0 aliphatic rings. The molecule has 0 saturated carbocycles. The average molecular weight is 393 g/mol. The number of anilines is 1. The van der Waals surface area contributed by atoms with Gasteiger partial charge in [-0.15, -0.1) is 0 Å². The van der Waals surface area contributed by atoms with Crippen molar-refractivity contribution in [2.24, 2.45) is 0 Å². The first-order chi connectivity index (χ1) is 13.6. The van der Waals surface area contributed by atoms with Crippen molar-refractivity contribution in [3.63, 3.8) is 0 Å². The molecule has 0 aliphatic carbocycles. The molecule has 0 saturated heterocycles. The van der Waals surface area contributed by atoms with Crippen molar-refractivity contribution < 1.29 is 13.9 Å². The maximum absolute atomic E-state index is 12.3. The molecule has 6 heteroatoms. The second-order valence-electron chi connectivity index (χ2n) is 6.26. The smallest absolute Gasteiger partial charge is 0.262 e. The van der Waals surface area contributed by atoms with E-state index in [0.717, 1.165) is 22.2 Å². The normalized spacial score (nSPS) is 10.8. The molecule has 0 spiro atoms. The van der Waals surface area contributed by atoms with E-state index in [1.54, 1.807) is 24.3 Å². The quantitative estimate of drug-likeness (QED) is 0.488. The molecule has 1 amide bonds. The first kappa shape index (κ1) is 18.1. The van der Waals surface area contributed by atoms with Crippen LogP contribution < -0.4 is 10.1 Å². The van der Waals surface area contributed by atoms with Crippen molar-refractivity contribution >= 4 is 34.3 Å². The highest BCUT2D eigenvalue weighted by molar-refractivity contribution is 6.30. The highest BCUT2D eigenvalue weighted by Gasteiger charge is 2.14. The van der Waals surface area contributed by atoms with Crippen molar-refractivity contribution in [2.75, 3.05) is 11.9 Å². The van der Waals surface area contributed by atoms with E-state index in [4.69, 9.17) is 20.8 Å². The fraction of sp³-hybridized carbons (Fsp3) is 0.0909. The molecule has 1 N–H and O–H groups in total. The maximum atomic E-state index is 12.3. The number of hydrogen-bond donors (Lipinski definition) is 1. The molecule has 0 radical (unpaired) electrons. The summed E-state index contributed by atoms with van der Waals surface area (Å²) < 4.78 is 11.3. The zero-order valence-electron chi connectivity index (χ0n) is 15.1. The lowest BCUT2D eigenvalue weighted by Gasteiger charge is -2.11. The summed E-state index contributed by atoms with van der Waals surface area (Å²) in [6.45, 7) is 1.81. The van der Waals surface area contributed by atoms with Gasteiger partial charge in [-0.2, -0.15) is 0 Å². The third-order valence-electron chi connectivity index (χ3n) is 4.32. The first-order valence-electron chi connectivity index (χ1n) is 8.74. The largest absolute Gasteiger partial charge is 0.484 e. The number of carbonyl (C=O) groups is 1. The summed E-state index contributed by atoms with van der Waals surface area (Å²) in [7, 11) is 0. The van der Waals surface area contributed by atoms with Crippen LogP contribution in [-0.4, -0.2) is 17.5 Å². The molecule has 4 rings (SSSR count). The summed E-state index contributed by atoms with van der Waals surface area (Å²) in [5, 5.41) is 3.49. The van der Waals surface area contributed by atoms with Crippen LogP contribution in [0.2, 0.25) is 5.02 Å². The Kier molecular flexibility index (Phi) is 5.00. The van der Waals surface area contributed by atoms with Crippen LogP contribution in [0, 0.1) is 6.92 Å². The number of aromatic nitrogens is 1. The summed E-state index contributed by atoms with van der Waals surface area (Å²) in [4.78, 5) is 16.8. The molecular weight excluding hydrogens is 376 g/mol. The molecule has 0 unspecified atom stereocenters. The van der Waals surface area contributed by atoms with Gasteiger partial charge in [-0.25, -0.2) is 4.98 Å². The van der Waals surface area contributed by atoms with Gasteiger partial charge in [0, 0.05) is 16.3 Å². The van der Waals surface area contributed by atoms with Crippen LogP contribution in [-0.2, 0) is 4.79 Å². The van der Waals surface area contributed by atoms with Gasteiger partial charge in [0.15, 0.2) is 12.2 Å². The van der Waals surface area contributed by atoms with Gasteiger partial charge in [-0.1, -0.05) is 29.8 Å². The second kappa shape index (κ2) is 7.74. The maximum Gasteiger partial charge on any atom is 0.262 e. The molecule has 0 bridgehead atoms. The van der Waals surface area contributed by atoms with Crippen LogP contribution in [0.1, 0.15) is 5.56 Å². The molecule has 4 aromatic rings. The number of halogens is 1. The molecule has 1 heterocycles. The predicted molar refractivity (Wildman–Crippen MR) is 110 cm³/mol. The standard InChI is InChI=1S/C22H17ClN2O3/c1-14-17(22-25-19-6-2-3-8-20(19)28-22)5-4-7-18(14)24-21(26)13-27-16-11-9-15(23)10-12-16/h2-12H,13H2,1H3,(H,24,26). The van der Waals surface area contributed by atoms with E-state index in [-0.39, 0.29) is 12.5 Å². The van der Waals surface area contributed by atoms with E-state index >= 15 is 0 Å². The SMILES string of the molecule is Cc1c(NC(=O)COc2ccc(Cl)cc2)cccc1-c1nc2ccccc2o1. The molecule has 28 heavy (non-hydrogen) atoms. The average Bonchev–Trinajstić information content (AvgIpc) is 3.13. The van der Waals surface area contributed by atoms with E-state index in [1.165, 1.54) is 0 Å². The van der Waals surface area contributed by atoms with Gasteiger partial charge in [-0.3, -0.25) is 4.79 Å². The minimum absolute atomic E-state index is 0.103. The number of benzene rings is 3. The topological polar surface area (TPSA) is 64.4 Å². The molecule has 0 fully saturated rings. The molecule has 140 valence electrons. The Balaban J connectivity index is 1.50. The summed E-state index contributed by atoms with van der Waals surface area (Å²) >= 11 is 5.84. The predicted octanol–water partition coefficient (Wildman–Crippen LogP) is 5.47. The van der Waals surface area contributed by atoms with Crippen molar-refractivity contribution in [1.29, 1.82) is 0 Å². The number of hydrogen-bond acceptors (Lipinski definition) is 4. The Morgan fingerprint density at radius 3 is 2.64 bits per heavy atom. The zero-order valence-corrected chi connectivity index (χ0v) is 15.9. The summed E-state index contributed by atoms with van der Waals surface area (Å²) in [6, 6.07) is 20.1. The third kappa shape index (κ3) is 3.85. The Morgan fingerprint density at radius 2 is 1.86 bits per heavy atom. The number of carbonyl (C=O) groups excluding carboxylic acids is 1. The number of ether oxygens (including phenoxy) is 1. The van der Waals surface area contributed by atoms with Crippen LogP contribution in [0.25, 0.3) is 22.6 Å². The second-order valence-corrected chi connectivity index (χ2v) is 6.69. The van der Waals surface area contributed by atoms with E-state index in [0.29, 0.717) is 22.4 Å². The van der Waals surface area contributed by atoms with E-state index in [1.807, 2.05) is 49.4 Å². The van der Waals surface area contributed by atoms with Gasteiger partial charge in [0.2, 0.25) is 5.89 Å².